The van der Waals surface area contributed by atoms with Crippen LogP contribution in [0, 0.1) is 6.92 Å². The van der Waals surface area contributed by atoms with Crippen LogP contribution in [-0.2, 0) is 16.0 Å². The van der Waals surface area contributed by atoms with Gasteiger partial charge in [-0.15, -0.1) is 0 Å². The molecular formula is C23H27N3O5. The molecule has 2 N–H and O–H groups in total. The van der Waals surface area contributed by atoms with Crippen molar-refractivity contribution in [3.05, 3.63) is 53.1 Å². The van der Waals surface area contributed by atoms with E-state index in [1.54, 1.807) is 14.2 Å². The zero-order chi connectivity index (χ0) is 22.2. The summed E-state index contributed by atoms with van der Waals surface area (Å²) < 4.78 is 16.2. The van der Waals surface area contributed by atoms with E-state index in [-0.39, 0.29) is 18.4 Å². The van der Waals surface area contributed by atoms with E-state index in [0.29, 0.717) is 43.1 Å². The Labute approximate surface area is 181 Å². The summed E-state index contributed by atoms with van der Waals surface area (Å²) in [5.41, 5.74) is 6.20. The Balaban J connectivity index is 1.47. The highest BCUT2D eigenvalue weighted by molar-refractivity contribution is 6.04. The van der Waals surface area contributed by atoms with Gasteiger partial charge in [-0.05, 0) is 60.4 Å². The minimum absolute atomic E-state index is 0.0663. The lowest BCUT2D eigenvalue weighted by atomic mass is 10.0. The fourth-order valence-electron chi connectivity index (χ4n) is 3.25. The molecule has 8 nitrogen and oxygen atoms in total. The number of methoxy groups -OCH3 is 2. The normalized spacial score (nSPS) is 13.1. The number of rotatable bonds is 9. The number of hydrogen-bond donors (Lipinski definition) is 2. The summed E-state index contributed by atoms with van der Waals surface area (Å²) >= 11 is 0. The zero-order valence-corrected chi connectivity index (χ0v) is 18.0. The maximum absolute atomic E-state index is 12.1. The molecule has 1 aliphatic heterocycles. The molecule has 0 radical (unpaired) electrons. The lowest BCUT2D eigenvalue weighted by Crippen LogP contribution is -2.30. The maximum Gasteiger partial charge on any atom is 0.257 e. The van der Waals surface area contributed by atoms with Crippen LogP contribution in [0.2, 0.25) is 0 Å². The van der Waals surface area contributed by atoms with Crippen LogP contribution in [0.3, 0.4) is 0 Å². The molecule has 0 atom stereocenters. The Morgan fingerprint density at radius 2 is 1.84 bits per heavy atom. The molecule has 0 saturated carbocycles. The number of amides is 2. The van der Waals surface area contributed by atoms with Crippen molar-refractivity contribution in [2.75, 3.05) is 27.4 Å². The van der Waals surface area contributed by atoms with Gasteiger partial charge in [0.05, 0.1) is 19.9 Å². The molecule has 0 saturated heterocycles. The molecule has 2 aromatic rings. The van der Waals surface area contributed by atoms with Gasteiger partial charge in [-0.3, -0.25) is 9.59 Å². The Bertz CT molecular complexity index is 987. The van der Waals surface area contributed by atoms with Gasteiger partial charge in [-0.1, -0.05) is 6.07 Å². The Morgan fingerprint density at radius 3 is 2.52 bits per heavy atom. The first-order valence-corrected chi connectivity index (χ1v) is 10.1. The maximum atomic E-state index is 12.1. The zero-order valence-electron chi connectivity index (χ0n) is 18.0. The van der Waals surface area contributed by atoms with Crippen molar-refractivity contribution in [3.63, 3.8) is 0 Å². The first-order chi connectivity index (χ1) is 15.0. The number of nitrogens with zero attached hydrogens (tertiary/aromatic N) is 1. The van der Waals surface area contributed by atoms with Gasteiger partial charge in [0, 0.05) is 19.4 Å². The van der Waals surface area contributed by atoms with E-state index >= 15 is 0 Å². The number of hydrogen-bond acceptors (Lipinski definition) is 6. The number of carbonyl (C=O) groups is 2. The van der Waals surface area contributed by atoms with E-state index in [1.165, 1.54) is 0 Å². The molecule has 2 amide bonds. The third-order valence-corrected chi connectivity index (χ3v) is 4.96. The van der Waals surface area contributed by atoms with Gasteiger partial charge < -0.3 is 19.5 Å². The molecule has 1 aliphatic rings. The van der Waals surface area contributed by atoms with Gasteiger partial charge in [0.1, 0.15) is 5.75 Å². The first kappa shape index (κ1) is 22.1. The molecule has 1 heterocycles. The van der Waals surface area contributed by atoms with Gasteiger partial charge in [-0.2, -0.15) is 5.10 Å². The summed E-state index contributed by atoms with van der Waals surface area (Å²) in [6.07, 6.45) is 1.70. The van der Waals surface area contributed by atoms with E-state index in [9.17, 15) is 9.59 Å². The van der Waals surface area contributed by atoms with Crippen LogP contribution in [0.4, 0.5) is 0 Å². The summed E-state index contributed by atoms with van der Waals surface area (Å²) in [4.78, 5) is 23.4. The highest BCUT2D eigenvalue weighted by Crippen LogP contribution is 2.27. The number of nitrogens with one attached hydrogen (secondary N) is 2. The highest BCUT2D eigenvalue weighted by Gasteiger charge is 2.14. The fourth-order valence-corrected chi connectivity index (χ4v) is 3.25. The average molecular weight is 425 g/mol. The van der Waals surface area contributed by atoms with Gasteiger partial charge in [0.2, 0.25) is 5.91 Å². The molecule has 31 heavy (non-hydrogen) atoms. The quantitative estimate of drug-likeness (QED) is 0.643. The van der Waals surface area contributed by atoms with Crippen molar-refractivity contribution < 1.29 is 23.8 Å². The van der Waals surface area contributed by atoms with Gasteiger partial charge in [0.25, 0.3) is 5.91 Å². The minimum Gasteiger partial charge on any atom is -0.493 e. The second kappa shape index (κ2) is 10.5. The van der Waals surface area contributed by atoms with E-state index in [0.717, 1.165) is 22.4 Å². The minimum atomic E-state index is -0.191. The summed E-state index contributed by atoms with van der Waals surface area (Å²) in [5, 5.41) is 6.96. The van der Waals surface area contributed by atoms with Crippen molar-refractivity contribution in [3.8, 4) is 17.2 Å². The second-order valence-electron chi connectivity index (χ2n) is 7.15. The largest absolute Gasteiger partial charge is 0.493 e. The Morgan fingerprint density at radius 1 is 1.06 bits per heavy atom. The molecule has 3 rings (SSSR count). The van der Waals surface area contributed by atoms with Crippen molar-refractivity contribution in [1.82, 2.24) is 10.7 Å². The molecule has 0 aromatic heterocycles. The van der Waals surface area contributed by atoms with Gasteiger partial charge in [0.15, 0.2) is 18.1 Å². The van der Waals surface area contributed by atoms with Crippen LogP contribution in [0.5, 0.6) is 17.2 Å². The summed E-state index contributed by atoms with van der Waals surface area (Å²) in [5.74, 6) is 1.71. The number of aryl methyl sites for hydroxylation is 1. The average Bonchev–Trinajstić information content (AvgIpc) is 2.78. The molecule has 0 fully saturated rings. The van der Waals surface area contributed by atoms with Crippen molar-refractivity contribution in [2.45, 2.75) is 26.2 Å². The first-order valence-electron chi connectivity index (χ1n) is 10.1. The highest BCUT2D eigenvalue weighted by atomic mass is 16.5. The van der Waals surface area contributed by atoms with Gasteiger partial charge in [-0.25, -0.2) is 5.43 Å². The van der Waals surface area contributed by atoms with E-state index in [4.69, 9.17) is 14.2 Å². The van der Waals surface area contributed by atoms with E-state index < -0.39 is 0 Å². The molecule has 0 spiro atoms. The van der Waals surface area contributed by atoms with Crippen molar-refractivity contribution >= 4 is 17.5 Å². The standard InChI is InChI=1S/C23H27N3O5/c1-15-12-17(18-6-9-22(27)26-25-18)5-8-19(15)31-14-23(28)24-11-10-16-4-7-20(29-2)21(13-16)30-3/h4-5,7-8,12-13H,6,9-11,14H2,1-3H3,(H,24,28)(H,26,27). The monoisotopic (exact) mass is 425 g/mol. The topological polar surface area (TPSA) is 98.3 Å². The number of carbonyl (C=O) groups excluding carboxylic acids is 2. The Kier molecular flexibility index (Phi) is 7.48. The van der Waals surface area contributed by atoms with Crippen LogP contribution in [-0.4, -0.2) is 44.9 Å². The predicted molar refractivity (Wildman–Crippen MR) is 117 cm³/mol. The summed E-state index contributed by atoms with van der Waals surface area (Å²) in [6, 6.07) is 11.3. The smallest absolute Gasteiger partial charge is 0.257 e. The lowest BCUT2D eigenvalue weighted by Gasteiger charge is -2.14. The summed E-state index contributed by atoms with van der Waals surface area (Å²) in [6.45, 7) is 2.33. The molecule has 164 valence electrons. The molecule has 2 aromatic carbocycles. The van der Waals surface area contributed by atoms with E-state index in [2.05, 4.69) is 15.8 Å². The second-order valence-corrected chi connectivity index (χ2v) is 7.15. The van der Waals surface area contributed by atoms with Crippen LogP contribution in [0.1, 0.15) is 29.5 Å². The molecular weight excluding hydrogens is 398 g/mol. The van der Waals surface area contributed by atoms with Crippen LogP contribution < -0.4 is 25.0 Å². The molecule has 0 unspecified atom stereocenters. The SMILES string of the molecule is COc1ccc(CCNC(=O)COc2ccc(C3=NNC(=O)CC3)cc2C)cc1OC. The number of hydrazone groups is 1. The molecule has 0 aliphatic carbocycles. The lowest BCUT2D eigenvalue weighted by molar-refractivity contribution is -0.123. The molecule has 0 bridgehead atoms. The third kappa shape index (κ3) is 5.97. The van der Waals surface area contributed by atoms with Crippen molar-refractivity contribution in [1.29, 1.82) is 0 Å². The number of benzene rings is 2. The fraction of sp³-hybridized carbons (Fsp3) is 0.348. The third-order valence-electron chi connectivity index (χ3n) is 4.96. The predicted octanol–water partition coefficient (Wildman–Crippen LogP) is 2.36. The molecule has 8 heteroatoms. The van der Waals surface area contributed by atoms with E-state index in [1.807, 2.05) is 43.3 Å². The van der Waals surface area contributed by atoms with Crippen LogP contribution in [0.25, 0.3) is 0 Å². The number of ether oxygens (including phenoxy) is 3. The van der Waals surface area contributed by atoms with Gasteiger partial charge >= 0.3 is 0 Å². The van der Waals surface area contributed by atoms with Crippen molar-refractivity contribution in [2.24, 2.45) is 5.10 Å². The van der Waals surface area contributed by atoms with Crippen LogP contribution >= 0.6 is 0 Å². The Hall–Kier alpha value is -3.55. The summed E-state index contributed by atoms with van der Waals surface area (Å²) in [7, 11) is 3.19. The van der Waals surface area contributed by atoms with Crippen LogP contribution in [0.15, 0.2) is 41.5 Å².